The second-order valence-corrected chi connectivity index (χ2v) is 9.10. The number of aryl methyl sites for hydroxylation is 2. The number of amides is 1. The summed E-state index contributed by atoms with van der Waals surface area (Å²) in [5.74, 6) is 0.634. The Labute approximate surface area is 174 Å². The van der Waals surface area contributed by atoms with Crippen molar-refractivity contribution in [2.45, 2.75) is 52.5 Å². The molecular weight excluding hydrogens is 386 g/mol. The maximum absolute atomic E-state index is 12.9. The zero-order valence-electron chi connectivity index (χ0n) is 17.2. The molecule has 29 heavy (non-hydrogen) atoms. The first-order chi connectivity index (χ1) is 14.1. The van der Waals surface area contributed by atoms with Gasteiger partial charge in [0.25, 0.3) is 5.56 Å². The molecule has 1 N–H and O–H groups in total. The summed E-state index contributed by atoms with van der Waals surface area (Å²) in [6.45, 7) is 7.73. The molecule has 8 heteroatoms. The van der Waals surface area contributed by atoms with E-state index < -0.39 is 0 Å². The lowest BCUT2D eigenvalue weighted by molar-refractivity contribution is -0.121. The van der Waals surface area contributed by atoms with Crippen LogP contribution in [0.4, 0.5) is 0 Å². The second-order valence-electron chi connectivity index (χ2n) is 7.81. The summed E-state index contributed by atoms with van der Waals surface area (Å²) in [5, 5.41) is 7.46. The highest BCUT2D eigenvalue weighted by molar-refractivity contribution is 7.19. The quantitative estimate of drug-likeness (QED) is 0.672. The van der Waals surface area contributed by atoms with Gasteiger partial charge in [-0.25, -0.2) is 4.68 Å². The van der Waals surface area contributed by atoms with Gasteiger partial charge in [0.1, 0.15) is 17.9 Å². The molecule has 156 valence electrons. The molecule has 0 atom stereocenters. The van der Waals surface area contributed by atoms with E-state index in [1.54, 1.807) is 11.3 Å². The summed E-state index contributed by atoms with van der Waals surface area (Å²) >= 11 is 1.67. The lowest BCUT2D eigenvalue weighted by atomic mass is 10.2. The van der Waals surface area contributed by atoms with Gasteiger partial charge in [-0.1, -0.05) is 19.8 Å². The number of hydrogen-bond acceptors (Lipinski definition) is 5. The van der Waals surface area contributed by atoms with Crippen LogP contribution in [0, 0.1) is 6.92 Å². The topological polar surface area (TPSA) is 71.6 Å². The molecule has 0 saturated carbocycles. The van der Waals surface area contributed by atoms with E-state index in [4.69, 9.17) is 0 Å². The predicted octanol–water partition coefficient (Wildman–Crippen LogP) is 2.57. The Hall–Kier alpha value is -2.19. The maximum atomic E-state index is 12.9. The molecule has 0 bridgehead atoms. The van der Waals surface area contributed by atoms with E-state index in [1.807, 2.05) is 17.4 Å². The van der Waals surface area contributed by atoms with E-state index in [0.717, 1.165) is 35.7 Å². The molecule has 4 rings (SSSR count). The number of fused-ring (bicyclic) bond motifs is 3. The molecule has 3 aromatic rings. The molecule has 3 aromatic heterocycles. The van der Waals surface area contributed by atoms with E-state index in [-0.39, 0.29) is 18.0 Å². The van der Waals surface area contributed by atoms with Crippen LogP contribution in [-0.4, -0.2) is 51.2 Å². The fourth-order valence-electron chi connectivity index (χ4n) is 4.15. The van der Waals surface area contributed by atoms with Gasteiger partial charge < -0.3 is 10.2 Å². The molecule has 0 aliphatic carbocycles. The molecule has 1 fully saturated rings. The summed E-state index contributed by atoms with van der Waals surface area (Å²) < 4.78 is 4.33. The van der Waals surface area contributed by atoms with Gasteiger partial charge in [0.2, 0.25) is 5.91 Å². The molecule has 0 aromatic carbocycles. The number of likely N-dealkylation sites (tertiary alicyclic amines) is 1. The van der Waals surface area contributed by atoms with Crippen molar-refractivity contribution in [1.29, 1.82) is 0 Å². The lowest BCUT2D eigenvalue weighted by Crippen LogP contribution is -2.39. The molecule has 1 amide bonds. The van der Waals surface area contributed by atoms with Gasteiger partial charge in [0, 0.05) is 24.4 Å². The summed E-state index contributed by atoms with van der Waals surface area (Å²) in [4.78, 5) is 29.0. The van der Waals surface area contributed by atoms with Gasteiger partial charge in [0.05, 0.1) is 10.2 Å². The molecule has 1 aliphatic rings. The third-order valence-corrected chi connectivity index (χ3v) is 6.61. The summed E-state index contributed by atoms with van der Waals surface area (Å²) in [6.07, 6.45) is 5.77. The van der Waals surface area contributed by atoms with Crippen LogP contribution in [0.15, 0.2) is 16.9 Å². The van der Waals surface area contributed by atoms with Crippen LogP contribution in [0.2, 0.25) is 0 Å². The number of nitrogens with one attached hydrogen (secondary N) is 1. The van der Waals surface area contributed by atoms with Crippen molar-refractivity contribution in [2.75, 3.05) is 26.2 Å². The van der Waals surface area contributed by atoms with E-state index >= 15 is 0 Å². The molecule has 1 aliphatic heterocycles. The predicted molar refractivity (Wildman–Crippen MR) is 117 cm³/mol. The Bertz CT molecular complexity index is 1070. The average Bonchev–Trinajstić information content (AvgIpc) is 3.09. The number of aromatic nitrogens is 3. The highest BCUT2D eigenvalue weighted by Crippen LogP contribution is 2.28. The Balaban J connectivity index is 1.48. The number of rotatable bonds is 6. The third-order valence-electron chi connectivity index (χ3n) is 5.62. The number of hydrogen-bond donors (Lipinski definition) is 1. The van der Waals surface area contributed by atoms with Crippen molar-refractivity contribution in [1.82, 2.24) is 24.4 Å². The van der Waals surface area contributed by atoms with E-state index in [1.165, 1.54) is 35.2 Å². The standard InChI is InChI=1S/C21H29N5O2S/c1-3-19-23-25(14-20(27)22-8-11-24-9-6-4-5-7-10-24)21(28)17-13-18-16(26(17)19)12-15(2)29-18/h12-13H,3-11,14H2,1-2H3,(H,22,27). The van der Waals surface area contributed by atoms with Crippen LogP contribution >= 0.6 is 11.3 Å². The number of nitrogens with zero attached hydrogens (tertiary/aromatic N) is 4. The molecule has 0 unspecified atom stereocenters. The number of thiophene rings is 1. The molecule has 1 saturated heterocycles. The minimum Gasteiger partial charge on any atom is -0.353 e. The molecule has 0 radical (unpaired) electrons. The highest BCUT2D eigenvalue weighted by Gasteiger charge is 2.17. The number of carbonyl (C=O) groups excluding carboxylic acids is 1. The monoisotopic (exact) mass is 415 g/mol. The van der Waals surface area contributed by atoms with Crippen molar-refractivity contribution in [3.63, 3.8) is 0 Å². The van der Waals surface area contributed by atoms with Crippen LogP contribution in [0.1, 0.15) is 43.3 Å². The normalized spacial score (nSPS) is 15.8. The van der Waals surface area contributed by atoms with Crippen molar-refractivity contribution in [3.05, 3.63) is 33.2 Å². The zero-order chi connectivity index (χ0) is 20.4. The molecular formula is C21H29N5O2S. The van der Waals surface area contributed by atoms with Gasteiger partial charge in [-0.2, -0.15) is 5.10 Å². The van der Waals surface area contributed by atoms with Crippen molar-refractivity contribution < 1.29 is 4.79 Å². The lowest BCUT2D eigenvalue weighted by Gasteiger charge is -2.19. The summed E-state index contributed by atoms with van der Waals surface area (Å²) in [5.41, 5.74) is 1.40. The minimum atomic E-state index is -0.217. The van der Waals surface area contributed by atoms with Crippen LogP contribution in [0.5, 0.6) is 0 Å². The first-order valence-electron chi connectivity index (χ1n) is 10.6. The zero-order valence-corrected chi connectivity index (χ0v) is 18.1. The van der Waals surface area contributed by atoms with Gasteiger partial charge in [-0.05, 0) is 45.0 Å². The van der Waals surface area contributed by atoms with Crippen molar-refractivity contribution in [2.24, 2.45) is 0 Å². The van der Waals surface area contributed by atoms with Gasteiger partial charge >= 0.3 is 0 Å². The van der Waals surface area contributed by atoms with Crippen molar-refractivity contribution in [3.8, 4) is 0 Å². The van der Waals surface area contributed by atoms with Crippen LogP contribution < -0.4 is 10.9 Å². The van der Waals surface area contributed by atoms with E-state index in [2.05, 4.69) is 28.3 Å². The fourth-order valence-corrected chi connectivity index (χ4v) is 5.10. The number of carbonyl (C=O) groups is 1. The fraction of sp³-hybridized carbons (Fsp3) is 0.571. The van der Waals surface area contributed by atoms with Gasteiger partial charge in [-0.3, -0.25) is 14.0 Å². The van der Waals surface area contributed by atoms with E-state index in [0.29, 0.717) is 18.5 Å². The van der Waals surface area contributed by atoms with Gasteiger partial charge in [-0.15, -0.1) is 11.3 Å². The second kappa shape index (κ2) is 8.67. The van der Waals surface area contributed by atoms with Crippen LogP contribution in [0.25, 0.3) is 15.7 Å². The SMILES string of the molecule is CCc1nn(CC(=O)NCCN2CCCCCC2)c(=O)c2cc3sc(C)cc3n12. The smallest absolute Gasteiger partial charge is 0.291 e. The molecule has 4 heterocycles. The minimum absolute atomic E-state index is 0.0415. The van der Waals surface area contributed by atoms with Crippen molar-refractivity contribution >= 4 is 33.0 Å². The molecule has 7 nitrogen and oxygen atoms in total. The largest absolute Gasteiger partial charge is 0.353 e. The Morgan fingerprint density at radius 2 is 1.93 bits per heavy atom. The van der Waals surface area contributed by atoms with Gasteiger partial charge in [0.15, 0.2) is 0 Å². The maximum Gasteiger partial charge on any atom is 0.291 e. The van der Waals surface area contributed by atoms with Crippen LogP contribution in [0.3, 0.4) is 0 Å². The summed E-state index contributed by atoms with van der Waals surface area (Å²) in [7, 11) is 0. The average molecular weight is 416 g/mol. The Morgan fingerprint density at radius 3 is 2.66 bits per heavy atom. The summed E-state index contributed by atoms with van der Waals surface area (Å²) in [6, 6.07) is 4.01. The first kappa shape index (κ1) is 20.1. The third kappa shape index (κ3) is 4.23. The molecule has 0 spiro atoms. The Kier molecular flexibility index (Phi) is 6.01. The van der Waals surface area contributed by atoms with E-state index in [9.17, 15) is 9.59 Å². The van der Waals surface area contributed by atoms with Crippen LogP contribution in [-0.2, 0) is 17.8 Å². The Morgan fingerprint density at radius 1 is 1.17 bits per heavy atom. The first-order valence-corrected chi connectivity index (χ1v) is 11.4. The highest BCUT2D eigenvalue weighted by atomic mass is 32.1.